The highest BCUT2D eigenvalue weighted by molar-refractivity contribution is 7.10. The number of hydrogen-bond acceptors (Lipinski definition) is 3. The molecule has 106 valence electrons. The number of halogens is 1. The van der Waals surface area contributed by atoms with Crippen LogP contribution in [0, 0.1) is 0 Å². The average molecular weight is 317 g/mol. The van der Waals surface area contributed by atoms with Crippen LogP contribution in [-0.4, -0.2) is 10.9 Å². The van der Waals surface area contributed by atoms with Gasteiger partial charge in [-0.25, -0.2) is 0 Å². The molecule has 0 aliphatic carbocycles. The van der Waals surface area contributed by atoms with Crippen LogP contribution in [0.2, 0.25) is 0 Å². The van der Waals surface area contributed by atoms with Crippen LogP contribution in [0.15, 0.2) is 60.1 Å². The number of pyridine rings is 1. The molecule has 1 N–H and O–H groups in total. The zero-order valence-corrected chi connectivity index (χ0v) is 12.7. The van der Waals surface area contributed by atoms with Gasteiger partial charge in [0, 0.05) is 22.5 Å². The summed E-state index contributed by atoms with van der Waals surface area (Å²) in [7, 11) is 0. The van der Waals surface area contributed by atoms with Crippen molar-refractivity contribution < 1.29 is 4.79 Å². The summed E-state index contributed by atoms with van der Waals surface area (Å²) in [6, 6.07) is 13.5. The van der Waals surface area contributed by atoms with Gasteiger partial charge in [-0.15, -0.1) is 23.7 Å². The molecule has 0 saturated carbocycles. The Morgan fingerprint density at radius 3 is 2.81 bits per heavy atom. The van der Waals surface area contributed by atoms with Gasteiger partial charge in [-0.3, -0.25) is 9.78 Å². The first-order valence-electron chi connectivity index (χ1n) is 6.19. The van der Waals surface area contributed by atoms with Crippen molar-refractivity contribution in [3.63, 3.8) is 0 Å². The van der Waals surface area contributed by atoms with Crippen molar-refractivity contribution >= 4 is 52.3 Å². The molecule has 21 heavy (non-hydrogen) atoms. The quantitative estimate of drug-likeness (QED) is 0.729. The summed E-state index contributed by atoms with van der Waals surface area (Å²) in [6.45, 7) is 0. The molecular weight excluding hydrogens is 304 g/mol. The van der Waals surface area contributed by atoms with E-state index in [4.69, 9.17) is 0 Å². The van der Waals surface area contributed by atoms with E-state index < -0.39 is 0 Å². The van der Waals surface area contributed by atoms with Crippen LogP contribution in [0.5, 0.6) is 0 Å². The molecule has 1 amide bonds. The normalized spacial score (nSPS) is 10.5. The first-order valence-corrected chi connectivity index (χ1v) is 7.07. The van der Waals surface area contributed by atoms with E-state index in [1.54, 1.807) is 29.7 Å². The third-order valence-corrected chi connectivity index (χ3v) is 3.69. The van der Waals surface area contributed by atoms with Gasteiger partial charge in [0.1, 0.15) is 0 Å². The van der Waals surface area contributed by atoms with E-state index in [0.717, 1.165) is 21.5 Å². The molecule has 0 saturated heterocycles. The first kappa shape index (κ1) is 15.2. The number of nitrogens with zero attached hydrogens (tertiary/aromatic N) is 1. The van der Waals surface area contributed by atoms with E-state index in [-0.39, 0.29) is 18.3 Å². The molecule has 3 nitrogen and oxygen atoms in total. The second-order valence-corrected chi connectivity index (χ2v) is 5.19. The average Bonchev–Trinajstić information content (AvgIpc) is 2.99. The van der Waals surface area contributed by atoms with E-state index in [9.17, 15) is 4.79 Å². The predicted molar refractivity (Wildman–Crippen MR) is 91.0 cm³/mol. The molecule has 2 heterocycles. The van der Waals surface area contributed by atoms with Crippen molar-refractivity contribution in [2.24, 2.45) is 0 Å². The molecule has 0 spiro atoms. The maximum absolute atomic E-state index is 11.9. The second-order valence-electron chi connectivity index (χ2n) is 4.21. The lowest BCUT2D eigenvalue weighted by atomic mass is 10.2. The molecular formula is C16H13ClN2OS. The molecule has 0 fully saturated rings. The summed E-state index contributed by atoms with van der Waals surface area (Å²) in [5.41, 5.74) is 1.64. The van der Waals surface area contributed by atoms with Crippen molar-refractivity contribution in [1.82, 2.24) is 4.98 Å². The molecule has 0 bridgehead atoms. The summed E-state index contributed by atoms with van der Waals surface area (Å²) in [5, 5.41) is 5.80. The highest BCUT2D eigenvalue weighted by Gasteiger charge is 2.03. The van der Waals surface area contributed by atoms with Crippen molar-refractivity contribution in [1.29, 1.82) is 0 Å². The molecule has 0 atom stereocenters. The predicted octanol–water partition coefficient (Wildman–Crippen LogP) is 4.37. The Hall–Kier alpha value is -2.17. The summed E-state index contributed by atoms with van der Waals surface area (Å²) in [5.74, 6) is -0.144. The van der Waals surface area contributed by atoms with Crippen LogP contribution in [0.4, 0.5) is 5.69 Å². The highest BCUT2D eigenvalue weighted by atomic mass is 35.5. The van der Waals surface area contributed by atoms with Gasteiger partial charge in [0.2, 0.25) is 5.91 Å². The zero-order chi connectivity index (χ0) is 13.8. The maximum atomic E-state index is 11.9. The van der Waals surface area contributed by atoms with Crippen LogP contribution >= 0.6 is 23.7 Å². The topological polar surface area (TPSA) is 42.0 Å². The lowest BCUT2D eigenvalue weighted by Gasteiger charge is -2.05. The lowest BCUT2D eigenvalue weighted by Crippen LogP contribution is -2.08. The molecule has 0 unspecified atom stereocenters. The number of carbonyl (C=O) groups excluding carboxylic acids is 1. The Kier molecular flexibility index (Phi) is 5.09. The van der Waals surface area contributed by atoms with Gasteiger partial charge in [-0.2, -0.15) is 0 Å². The van der Waals surface area contributed by atoms with Gasteiger partial charge in [0.15, 0.2) is 0 Å². The number of anilines is 1. The standard InChI is InChI=1S/C16H12N2OS.ClH/c19-16(8-7-12-4-3-11-20-12)18-15-9-10-17-14-6-2-1-5-13(14)15;/h1-11H,(H,17,18,19);1H/b8-7+;. The molecule has 3 rings (SSSR count). The maximum Gasteiger partial charge on any atom is 0.248 e. The first-order chi connectivity index (χ1) is 9.83. The summed E-state index contributed by atoms with van der Waals surface area (Å²) in [6.07, 6.45) is 5.05. The lowest BCUT2D eigenvalue weighted by molar-refractivity contribution is -0.111. The number of thiophene rings is 1. The SMILES string of the molecule is Cl.O=C(/C=C/c1cccs1)Nc1ccnc2ccccc12. The number of para-hydroxylation sites is 1. The Labute approximate surface area is 132 Å². The van der Waals surface area contributed by atoms with Gasteiger partial charge in [-0.1, -0.05) is 24.3 Å². The number of carbonyl (C=O) groups is 1. The van der Waals surface area contributed by atoms with E-state index >= 15 is 0 Å². The van der Waals surface area contributed by atoms with Gasteiger partial charge in [0.25, 0.3) is 0 Å². The minimum atomic E-state index is -0.144. The number of amides is 1. The minimum Gasteiger partial charge on any atom is -0.322 e. The van der Waals surface area contributed by atoms with Gasteiger partial charge >= 0.3 is 0 Å². The molecule has 5 heteroatoms. The molecule has 0 aliphatic rings. The Balaban J connectivity index is 0.00000161. The van der Waals surface area contributed by atoms with Crippen LogP contribution < -0.4 is 5.32 Å². The fourth-order valence-electron chi connectivity index (χ4n) is 1.92. The molecule has 3 aromatic rings. The minimum absolute atomic E-state index is 0. The summed E-state index contributed by atoms with van der Waals surface area (Å²) in [4.78, 5) is 17.3. The van der Waals surface area contributed by atoms with Crippen LogP contribution in [0.3, 0.4) is 0 Å². The number of rotatable bonds is 3. The van der Waals surface area contributed by atoms with Crippen LogP contribution in [0.1, 0.15) is 4.88 Å². The summed E-state index contributed by atoms with van der Waals surface area (Å²) >= 11 is 1.60. The Morgan fingerprint density at radius 1 is 1.14 bits per heavy atom. The van der Waals surface area contributed by atoms with E-state index in [0.29, 0.717) is 0 Å². The van der Waals surface area contributed by atoms with E-state index in [2.05, 4.69) is 10.3 Å². The van der Waals surface area contributed by atoms with Gasteiger partial charge < -0.3 is 5.32 Å². The van der Waals surface area contributed by atoms with Gasteiger partial charge in [0.05, 0.1) is 11.2 Å². The van der Waals surface area contributed by atoms with Crippen LogP contribution in [-0.2, 0) is 4.79 Å². The number of aromatic nitrogens is 1. The van der Waals surface area contributed by atoms with Gasteiger partial charge in [-0.05, 0) is 29.7 Å². The third kappa shape index (κ3) is 3.68. The fourth-order valence-corrected chi connectivity index (χ4v) is 2.54. The van der Waals surface area contributed by atoms with Crippen molar-refractivity contribution in [3.05, 3.63) is 65.0 Å². The molecule has 0 aliphatic heterocycles. The zero-order valence-electron chi connectivity index (χ0n) is 11.0. The fraction of sp³-hybridized carbons (Fsp3) is 0. The largest absolute Gasteiger partial charge is 0.322 e. The van der Waals surface area contributed by atoms with Crippen molar-refractivity contribution in [2.75, 3.05) is 5.32 Å². The number of hydrogen-bond donors (Lipinski definition) is 1. The number of nitrogens with one attached hydrogen (secondary N) is 1. The van der Waals surface area contributed by atoms with Crippen molar-refractivity contribution in [2.45, 2.75) is 0 Å². The number of fused-ring (bicyclic) bond motifs is 1. The van der Waals surface area contributed by atoms with E-state index in [1.807, 2.05) is 47.9 Å². The monoisotopic (exact) mass is 316 g/mol. The smallest absolute Gasteiger partial charge is 0.248 e. The second kappa shape index (κ2) is 7.02. The summed E-state index contributed by atoms with van der Waals surface area (Å²) < 4.78 is 0. The number of benzene rings is 1. The Bertz CT molecular complexity index is 764. The molecule has 1 aromatic carbocycles. The third-order valence-electron chi connectivity index (χ3n) is 2.85. The Morgan fingerprint density at radius 2 is 2.00 bits per heavy atom. The van der Waals surface area contributed by atoms with E-state index in [1.165, 1.54) is 0 Å². The molecule has 2 aromatic heterocycles. The highest BCUT2D eigenvalue weighted by Crippen LogP contribution is 2.21. The molecule has 0 radical (unpaired) electrons. The van der Waals surface area contributed by atoms with Crippen LogP contribution in [0.25, 0.3) is 17.0 Å². The van der Waals surface area contributed by atoms with Crippen molar-refractivity contribution in [3.8, 4) is 0 Å².